The van der Waals surface area contributed by atoms with Gasteiger partial charge in [-0.05, 0) is 23.3 Å². The van der Waals surface area contributed by atoms with Gasteiger partial charge in [0.05, 0.1) is 22.7 Å². The van der Waals surface area contributed by atoms with E-state index in [-0.39, 0.29) is 11.4 Å². The number of phenols is 1. The number of fused-ring (bicyclic) bond motifs is 2. The molecule has 4 rings (SSSR count). The lowest BCUT2D eigenvalue weighted by Crippen LogP contribution is -2.00. The third-order valence-corrected chi connectivity index (χ3v) is 5.08. The van der Waals surface area contributed by atoms with Crippen molar-refractivity contribution in [2.24, 2.45) is 10.2 Å². The average molecular weight is 391 g/mol. The van der Waals surface area contributed by atoms with Crippen molar-refractivity contribution in [1.82, 2.24) is 0 Å². The number of ether oxygens (including phenoxy) is 1. The van der Waals surface area contributed by atoms with Crippen LogP contribution in [0.4, 0.5) is 17.1 Å². The number of nitro groups is 1. The highest BCUT2D eigenvalue weighted by molar-refractivity contribution is 6.07. The van der Waals surface area contributed by atoms with E-state index in [1.165, 1.54) is 12.1 Å². The van der Waals surface area contributed by atoms with E-state index in [9.17, 15) is 15.2 Å². The highest BCUT2D eigenvalue weighted by Gasteiger charge is 2.30. The Balaban J connectivity index is 1.79. The lowest BCUT2D eigenvalue weighted by Gasteiger charge is -2.20. The summed E-state index contributed by atoms with van der Waals surface area (Å²) in [6.07, 6.45) is 4.28. The quantitative estimate of drug-likeness (QED) is 0.203. The molecule has 1 aliphatic rings. The van der Waals surface area contributed by atoms with Crippen LogP contribution in [0.25, 0.3) is 21.9 Å². The smallest absolute Gasteiger partial charge is 0.278 e. The van der Waals surface area contributed by atoms with E-state index < -0.39 is 4.92 Å². The Bertz CT molecular complexity index is 1120. The zero-order chi connectivity index (χ0) is 20.4. The van der Waals surface area contributed by atoms with E-state index in [1.807, 2.05) is 18.2 Å². The highest BCUT2D eigenvalue weighted by Crippen LogP contribution is 2.57. The summed E-state index contributed by atoms with van der Waals surface area (Å²) in [5, 5.41) is 32.1. The fraction of sp³-hybridized carbons (Fsp3) is 0.273. The van der Waals surface area contributed by atoms with Crippen molar-refractivity contribution in [3.63, 3.8) is 0 Å². The first-order valence-electron chi connectivity index (χ1n) is 9.72. The molecule has 0 spiro atoms. The van der Waals surface area contributed by atoms with Crippen LogP contribution in [0.5, 0.6) is 11.5 Å². The zero-order valence-corrected chi connectivity index (χ0v) is 16.1. The lowest BCUT2D eigenvalue weighted by molar-refractivity contribution is -0.384. The van der Waals surface area contributed by atoms with E-state index in [0.717, 1.165) is 31.1 Å². The van der Waals surface area contributed by atoms with Crippen LogP contribution in [0.15, 0.2) is 52.7 Å². The molecule has 0 saturated carbocycles. The Hall–Kier alpha value is -3.48. The van der Waals surface area contributed by atoms with Crippen LogP contribution in [-0.2, 0) is 0 Å². The largest absolute Gasteiger partial charge is 0.507 e. The lowest BCUT2D eigenvalue weighted by atomic mass is 9.93. The van der Waals surface area contributed by atoms with Crippen molar-refractivity contribution in [3.05, 3.63) is 52.6 Å². The molecule has 0 bridgehead atoms. The van der Waals surface area contributed by atoms with Crippen molar-refractivity contribution in [2.75, 3.05) is 6.61 Å². The number of phenolic OH excluding ortho intramolecular Hbond substituents is 1. The molecule has 0 aliphatic carbocycles. The van der Waals surface area contributed by atoms with Crippen LogP contribution in [0.1, 0.15) is 32.6 Å². The molecule has 7 nitrogen and oxygen atoms in total. The highest BCUT2D eigenvalue weighted by atomic mass is 16.6. The number of nitro benzene ring substituents is 1. The predicted molar refractivity (Wildman–Crippen MR) is 112 cm³/mol. The second-order valence-corrected chi connectivity index (χ2v) is 7.01. The molecular formula is C22H21N3O4. The third-order valence-electron chi connectivity index (χ3n) is 5.08. The minimum absolute atomic E-state index is 0.0865. The zero-order valence-electron chi connectivity index (χ0n) is 16.1. The van der Waals surface area contributed by atoms with Crippen LogP contribution in [0.2, 0.25) is 0 Å². The van der Waals surface area contributed by atoms with Crippen molar-refractivity contribution in [1.29, 1.82) is 0 Å². The van der Waals surface area contributed by atoms with E-state index >= 15 is 0 Å². The fourth-order valence-electron chi connectivity index (χ4n) is 3.61. The Morgan fingerprint density at radius 2 is 1.83 bits per heavy atom. The van der Waals surface area contributed by atoms with Gasteiger partial charge in [-0.3, -0.25) is 10.1 Å². The maximum Gasteiger partial charge on any atom is 0.278 e. The van der Waals surface area contributed by atoms with Crippen LogP contribution in [0, 0.1) is 10.1 Å². The molecule has 0 unspecified atom stereocenters. The minimum Gasteiger partial charge on any atom is -0.507 e. The molecule has 0 amide bonds. The first-order valence-corrected chi connectivity index (χ1v) is 9.72. The molecular weight excluding hydrogens is 370 g/mol. The summed E-state index contributed by atoms with van der Waals surface area (Å²) in [5.41, 5.74) is 1.52. The topological polar surface area (TPSA) is 97.3 Å². The second kappa shape index (κ2) is 7.87. The van der Waals surface area contributed by atoms with Gasteiger partial charge in [0.1, 0.15) is 11.4 Å². The monoisotopic (exact) mass is 391 g/mol. The van der Waals surface area contributed by atoms with Crippen molar-refractivity contribution in [2.45, 2.75) is 32.6 Å². The van der Waals surface area contributed by atoms with E-state index in [4.69, 9.17) is 4.74 Å². The van der Waals surface area contributed by atoms with Gasteiger partial charge >= 0.3 is 0 Å². The Morgan fingerprint density at radius 3 is 2.55 bits per heavy atom. The van der Waals surface area contributed by atoms with Gasteiger partial charge in [0.2, 0.25) is 0 Å². The number of unbranched alkanes of at least 4 members (excludes halogenated alkanes) is 3. The van der Waals surface area contributed by atoms with Gasteiger partial charge in [0, 0.05) is 12.1 Å². The summed E-state index contributed by atoms with van der Waals surface area (Å²) in [6, 6.07) is 12.0. The second-order valence-electron chi connectivity index (χ2n) is 7.01. The van der Waals surface area contributed by atoms with Gasteiger partial charge in [-0.1, -0.05) is 50.5 Å². The number of hydrogen-bond donors (Lipinski definition) is 1. The summed E-state index contributed by atoms with van der Waals surface area (Å²) in [5.74, 6) is 0.348. The number of nitrogens with zero attached hydrogens (tertiary/aromatic N) is 3. The van der Waals surface area contributed by atoms with Crippen molar-refractivity contribution < 1.29 is 14.8 Å². The predicted octanol–water partition coefficient (Wildman–Crippen LogP) is 6.81. The fourth-order valence-corrected chi connectivity index (χ4v) is 3.61. The number of benzene rings is 3. The molecule has 0 saturated heterocycles. The molecule has 0 atom stereocenters. The maximum absolute atomic E-state index is 11.7. The first kappa shape index (κ1) is 18.9. The summed E-state index contributed by atoms with van der Waals surface area (Å²) < 4.78 is 5.80. The molecule has 7 heteroatoms. The first-order chi connectivity index (χ1) is 14.1. The maximum atomic E-state index is 11.7. The third kappa shape index (κ3) is 3.40. The summed E-state index contributed by atoms with van der Waals surface area (Å²) >= 11 is 0. The Labute approximate surface area is 167 Å². The summed E-state index contributed by atoms with van der Waals surface area (Å²) in [4.78, 5) is 11.3. The average Bonchev–Trinajstić information content (AvgIpc) is 2.69. The SMILES string of the molecule is CCCCCCOc1cc(O)c(-c2c([N+](=O)[O-])ccc3ccccc23)c2c1N=N2. The summed E-state index contributed by atoms with van der Waals surface area (Å²) in [6.45, 7) is 2.67. The van der Waals surface area contributed by atoms with E-state index in [0.29, 0.717) is 40.2 Å². The molecule has 0 radical (unpaired) electrons. The molecule has 0 aromatic heterocycles. The molecule has 3 aromatic rings. The van der Waals surface area contributed by atoms with Gasteiger partial charge in [-0.15, -0.1) is 10.2 Å². The standard InChI is InChI=1S/C22H21N3O4/c1-2-3-4-7-12-29-18-13-17(26)20(22-21(18)23-24-22)19-15-9-6-5-8-14(15)10-11-16(19)25(27)28/h5-6,8-11,13,26H,2-4,7,12H2,1H3. The Kier molecular flexibility index (Phi) is 5.12. The van der Waals surface area contributed by atoms with E-state index in [2.05, 4.69) is 17.2 Å². The van der Waals surface area contributed by atoms with Crippen LogP contribution >= 0.6 is 0 Å². The molecule has 1 aliphatic heterocycles. The molecule has 1 N–H and O–H groups in total. The molecule has 3 aromatic carbocycles. The molecule has 148 valence electrons. The van der Waals surface area contributed by atoms with Gasteiger partial charge < -0.3 is 9.84 Å². The molecule has 0 fully saturated rings. The number of azo groups is 1. The molecule has 29 heavy (non-hydrogen) atoms. The Morgan fingerprint density at radius 1 is 1.03 bits per heavy atom. The normalized spacial score (nSPS) is 11.9. The van der Waals surface area contributed by atoms with Gasteiger partial charge in [0.15, 0.2) is 11.4 Å². The van der Waals surface area contributed by atoms with Crippen molar-refractivity contribution in [3.8, 4) is 22.6 Å². The number of aromatic hydroxyl groups is 1. The number of rotatable bonds is 8. The minimum atomic E-state index is -0.443. The van der Waals surface area contributed by atoms with Crippen LogP contribution < -0.4 is 4.74 Å². The van der Waals surface area contributed by atoms with Gasteiger partial charge in [0.25, 0.3) is 5.69 Å². The summed E-state index contributed by atoms with van der Waals surface area (Å²) in [7, 11) is 0. The van der Waals surface area contributed by atoms with Gasteiger partial charge in [-0.2, -0.15) is 0 Å². The number of hydrogen-bond acceptors (Lipinski definition) is 6. The van der Waals surface area contributed by atoms with Crippen LogP contribution in [0.3, 0.4) is 0 Å². The van der Waals surface area contributed by atoms with Crippen LogP contribution in [-0.4, -0.2) is 16.6 Å². The van der Waals surface area contributed by atoms with E-state index in [1.54, 1.807) is 12.1 Å². The van der Waals surface area contributed by atoms with Crippen molar-refractivity contribution >= 4 is 27.8 Å². The van der Waals surface area contributed by atoms with Gasteiger partial charge in [-0.25, -0.2) is 0 Å². The molecule has 1 heterocycles.